The number of nitrogens with one attached hydrogen (secondary N) is 1. The molecule has 0 radical (unpaired) electrons. The maximum absolute atomic E-state index is 13.1. The van der Waals surface area contributed by atoms with Gasteiger partial charge in [-0.25, -0.2) is 8.78 Å². The average molecular weight is 291 g/mol. The fourth-order valence-corrected chi connectivity index (χ4v) is 2.26. The molecule has 0 amide bonds. The summed E-state index contributed by atoms with van der Waals surface area (Å²) in [6.45, 7) is 2.10. The molecule has 1 aliphatic rings. The Morgan fingerprint density at radius 1 is 0.952 bits per heavy atom. The molecule has 3 rings (SSSR count). The molecule has 3 nitrogen and oxygen atoms in total. The first-order valence-electron chi connectivity index (χ1n) is 6.76. The molecule has 0 aliphatic carbocycles. The van der Waals surface area contributed by atoms with E-state index in [9.17, 15) is 8.78 Å². The predicted molar refractivity (Wildman–Crippen MR) is 74.3 cm³/mol. The Kier molecular flexibility index (Phi) is 4.01. The van der Waals surface area contributed by atoms with E-state index in [0.29, 0.717) is 31.9 Å². The Balaban J connectivity index is 1.64. The van der Waals surface area contributed by atoms with Gasteiger partial charge in [-0.05, 0) is 23.8 Å². The largest absolute Gasteiger partial charge is 0.486 e. The van der Waals surface area contributed by atoms with E-state index in [1.165, 1.54) is 6.07 Å². The smallest absolute Gasteiger partial charge is 0.165 e. The number of rotatable bonds is 4. The van der Waals surface area contributed by atoms with Gasteiger partial charge < -0.3 is 14.8 Å². The van der Waals surface area contributed by atoms with Gasteiger partial charge in [0.15, 0.2) is 23.1 Å². The fraction of sp³-hybridized carbons (Fsp3) is 0.250. The van der Waals surface area contributed by atoms with Crippen LogP contribution in [0.2, 0.25) is 0 Å². The summed E-state index contributed by atoms with van der Waals surface area (Å²) >= 11 is 0. The lowest BCUT2D eigenvalue weighted by Crippen LogP contribution is -2.19. The number of ether oxygens (including phenoxy) is 2. The third-order valence-electron chi connectivity index (χ3n) is 3.28. The Bertz CT molecular complexity index is 646. The van der Waals surface area contributed by atoms with Crippen molar-refractivity contribution in [1.29, 1.82) is 0 Å². The van der Waals surface area contributed by atoms with Crippen molar-refractivity contribution in [2.75, 3.05) is 13.2 Å². The van der Waals surface area contributed by atoms with E-state index in [1.54, 1.807) is 6.07 Å². The average Bonchev–Trinajstić information content (AvgIpc) is 2.51. The zero-order valence-electron chi connectivity index (χ0n) is 11.4. The van der Waals surface area contributed by atoms with E-state index in [4.69, 9.17) is 9.47 Å². The first-order chi connectivity index (χ1) is 10.2. The maximum Gasteiger partial charge on any atom is 0.165 e. The van der Waals surface area contributed by atoms with Crippen LogP contribution >= 0.6 is 0 Å². The molecule has 1 aliphatic heterocycles. The van der Waals surface area contributed by atoms with Crippen LogP contribution in [0.15, 0.2) is 36.4 Å². The van der Waals surface area contributed by atoms with E-state index < -0.39 is 11.6 Å². The quantitative estimate of drug-likeness (QED) is 0.939. The third kappa shape index (κ3) is 3.13. The van der Waals surface area contributed by atoms with E-state index in [0.717, 1.165) is 23.1 Å². The highest BCUT2D eigenvalue weighted by atomic mass is 19.2. The van der Waals surface area contributed by atoms with Gasteiger partial charge in [-0.1, -0.05) is 18.2 Å². The predicted octanol–water partition coefficient (Wildman–Crippen LogP) is 3.03. The van der Waals surface area contributed by atoms with Gasteiger partial charge in [0.2, 0.25) is 0 Å². The summed E-state index contributed by atoms with van der Waals surface area (Å²) in [5.74, 6) is -0.167. The maximum atomic E-state index is 13.1. The molecule has 0 aromatic heterocycles. The second kappa shape index (κ2) is 6.10. The molecule has 110 valence electrons. The molecule has 1 N–H and O–H groups in total. The lowest BCUT2D eigenvalue weighted by atomic mass is 10.1. The zero-order valence-corrected chi connectivity index (χ0v) is 11.4. The molecule has 2 aromatic carbocycles. The number of benzene rings is 2. The minimum Gasteiger partial charge on any atom is -0.486 e. The van der Waals surface area contributed by atoms with Gasteiger partial charge in [-0.2, -0.15) is 0 Å². The molecular weight excluding hydrogens is 276 g/mol. The fourth-order valence-electron chi connectivity index (χ4n) is 2.26. The van der Waals surface area contributed by atoms with Gasteiger partial charge in [0, 0.05) is 18.7 Å². The second-order valence-corrected chi connectivity index (χ2v) is 4.79. The molecule has 2 aromatic rings. The highest BCUT2D eigenvalue weighted by Crippen LogP contribution is 2.33. The van der Waals surface area contributed by atoms with Crippen LogP contribution in [0.4, 0.5) is 8.78 Å². The Hall–Kier alpha value is -2.14. The van der Waals surface area contributed by atoms with Crippen LogP contribution in [0, 0.1) is 11.6 Å². The molecule has 21 heavy (non-hydrogen) atoms. The third-order valence-corrected chi connectivity index (χ3v) is 3.28. The van der Waals surface area contributed by atoms with E-state index >= 15 is 0 Å². The molecule has 0 saturated carbocycles. The zero-order chi connectivity index (χ0) is 14.7. The Morgan fingerprint density at radius 2 is 1.81 bits per heavy atom. The van der Waals surface area contributed by atoms with E-state index in [-0.39, 0.29) is 0 Å². The molecule has 5 heteroatoms. The van der Waals surface area contributed by atoms with Crippen LogP contribution in [-0.4, -0.2) is 13.2 Å². The molecule has 1 heterocycles. The van der Waals surface area contributed by atoms with Gasteiger partial charge in [0.1, 0.15) is 13.2 Å². The standard InChI is InChI=1S/C16H15F2NO2/c17-13-5-4-11(8-14(13)18)9-19-10-12-2-1-3-15-16(12)21-7-6-20-15/h1-5,8,19H,6-7,9-10H2. The summed E-state index contributed by atoms with van der Waals surface area (Å²) in [4.78, 5) is 0. The Labute approximate surface area is 121 Å². The van der Waals surface area contributed by atoms with Crippen LogP contribution in [0.5, 0.6) is 11.5 Å². The SMILES string of the molecule is Fc1ccc(CNCc2cccc3c2OCCO3)cc1F. The van der Waals surface area contributed by atoms with Crippen molar-refractivity contribution >= 4 is 0 Å². The molecular formula is C16H15F2NO2. The first-order valence-corrected chi connectivity index (χ1v) is 6.76. The van der Waals surface area contributed by atoms with Crippen LogP contribution in [0.3, 0.4) is 0 Å². The molecule has 0 spiro atoms. The minimum atomic E-state index is -0.832. The molecule has 0 saturated heterocycles. The summed E-state index contributed by atoms with van der Waals surface area (Å²) in [6.07, 6.45) is 0. The van der Waals surface area contributed by atoms with Crippen molar-refractivity contribution in [3.8, 4) is 11.5 Å². The summed E-state index contributed by atoms with van der Waals surface area (Å²) < 4.78 is 37.1. The molecule has 0 bridgehead atoms. The number of fused-ring (bicyclic) bond motifs is 1. The molecule has 0 fully saturated rings. The van der Waals surface area contributed by atoms with Crippen molar-refractivity contribution in [2.24, 2.45) is 0 Å². The lowest BCUT2D eigenvalue weighted by Gasteiger charge is -2.21. The number of halogens is 2. The van der Waals surface area contributed by atoms with Gasteiger partial charge in [0.05, 0.1) is 0 Å². The number of hydrogen-bond donors (Lipinski definition) is 1. The first kappa shape index (κ1) is 13.8. The second-order valence-electron chi connectivity index (χ2n) is 4.79. The van der Waals surface area contributed by atoms with Gasteiger partial charge in [-0.3, -0.25) is 0 Å². The van der Waals surface area contributed by atoms with Crippen LogP contribution in [0.25, 0.3) is 0 Å². The van der Waals surface area contributed by atoms with Gasteiger partial charge >= 0.3 is 0 Å². The van der Waals surface area contributed by atoms with Crippen molar-refractivity contribution in [2.45, 2.75) is 13.1 Å². The summed E-state index contributed by atoms with van der Waals surface area (Å²) in [5, 5.41) is 3.19. The Morgan fingerprint density at radius 3 is 2.67 bits per heavy atom. The highest BCUT2D eigenvalue weighted by Gasteiger charge is 2.15. The summed E-state index contributed by atoms with van der Waals surface area (Å²) in [7, 11) is 0. The van der Waals surface area contributed by atoms with Gasteiger partial charge in [-0.15, -0.1) is 0 Å². The van der Waals surface area contributed by atoms with Crippen LogP contribution in [-0.2, 0) is 13.1 Å². The molecule has 0 atom stereocenters. The van der Waals surface area contributed by atoms with Crippen molar-refractivity contribution in [3.05, 3.63) is 59.2 Å². The summed E-state index contributed by atoms with van der Waals surface area (Å²) in [5.41, 5.74) is 1.67. The topological polar surface area (TPSA) is 30.5 Å². The van der Waals surface area contributed by atoms with Crippen molar-refractivity contribution in [3.63, 3.8) is 0 Å². The summed E-state index contributed by atoms with van der Waals surface area (Å²) in [6, 6.07) is 9.61. The normalized spacial score (nSPS) is 13.2. The lowest BCUT2D eigenvalue weighted by molar-refractivity contribution is 0.169. The van der Waals surface area contributed by atoms with E-state index in [1.807, 2.05) is 18.2 Å². The number of para-hydroxylation sites is 1. The van der Waals surface area contributed by atoms with E-state index in [2.05, 4.69) is 5.32 Å². The monoisotopic (exact) mass is 291 g/mol. The minimum absolute atomic E-state index is 0.446. The van der Waals surface area contributed by atoms with Crippen LogP contribution in [0.1, 0.15) is 11.1 Å². The molecule has 0 unspecified atom stereocenters. The van der Waals surface area contributed by atoms with Crippen LogP contribution < -0.4 is 14.8 Å². The van der Waals surface area contributed by atoms with Gasteiger partial charge in [0.25, 0.3) is 0 Å². The van der Waals surface area contributed by atoms with Crippen molar-refractivity contribution in [1.82, 2.24) is 5.32 Å². The highest BCUT2D eigenvalue weighted by molar-refractivity contribution is 5.47. The van der Waals surface area contributed by atoms with Crippen molar-refractivity contribution < 1.29 is 18.3 Å². The number of hydrogen-bond acceptors (Lipinski definition) is 3.